The molecule has 0 fully saturated rings. The van der Waals surface area contributed by atoms with Gasteiger partial charge >= 0.3 is 5.97 Å². The molecule has 2 aromatic carbocycles. The molecule has 0 aromatic heterocycles. The Morgan fingerprint density at radius 1 is 1.03 bits per heavy atom. The summed E-state index contributed by atoms with van der Waals surface area (Å²) in [5, 5.41) is 12.1. The maximum Gasteiger partial charge on any atom is 0.332 e. The van der Waals surface area contributed by atoms with E-state index in [1.807, 2.05) is 18.2 Å². The van der Waals surface area contributed by atoms with Gasteiger partial charge in [-0.2, -0.15) is 0 Å². The zero-order valence-electron chi connectivity index (χ0n) is 19.1. The lowest BCUT2D eigenvalue weighted by molar-refractivity contribution is -0.141. The Morgan fingerprint density at radius 3 is 2.33 bits per heavy atom. The third-order valence-electron chi connectivity index (χ3n) is 4.86. The van der Waals surface area contributed by atoms with Gasteiger partial charge in [0.2, 0.25) is 11.8 Å². The summed E-state index contributed by atoms with van der Waals surface area (Å²) in [5.41, 5.74) is 8.36. The Balaban J connectivity index is 1.71. The minimum atomic E-state index is -0.670. The lowest BCUT2D eigenvalue weighted by Crippen LogP contribution is -2.47. The number of carbonyl (C=O) groups excluding carboxylic acids is 3. The summed E-state index contributed by atoms with van der Waals surface area (Å²) in [6, 6.07) is 16.3. The number of rotatable bonds is 11. The second-order valence-corrected chi connectivity index (χ2v) is 7.71. The molecule has 33 heavy (non-hydrogen) atoms. The highest BCUT2D eigenvalue weighted by Gasteiger charge is 2.15. The van der Waals surface area contributed by atoms with Crippen molar-refractivity contribution in [2.45, 2.75) is 39.3 Å². The van der Waals surface area contributed by atoms with Gasteiger partial charge in [-0.25, -0.2) is 4.79 Å². The van der Waals surface area contributed by atoms with Gasteiger partial charge < -0.3 is 26.5 Å². The highest BCUT2D eigenvalue weighted by Crippen LogP contribution is 2.12. The van der Waals surface area contributed by atoms with Crippen molar-refractivity contribution in [1.29, 1.82) is 0 Å². The first-order chi connectivity index (χ1) is 15.8. The van der Waals surface area contributed by atoms with E-state index in [2.05, 4.69) is 45.0 Å². The smallest absolute Gasteiger partial charge is 0.332 e. The van der Waals surface area contributed by atoms with Crippen molar-refractivity contribution in [2.75, 3.05) is 13.1 Å². The molecule has 2 rings (SSSR count). The average Bonchev–Trinajstić information content (AvgIpc) is 2.81. The molecular weight excluding hydrogens is 422 g/mol. The molecule has 0 heterocycles. The van der Waals surface area contributed by atoms with E-state index in [0.29, 0.717) is 12.1 Å². The fourth-order valence-corrected chi connectivity index (χ4v) is 2.96. The molecule has 0 aliphatic heterocycles. The highest BCUT2D eigenvalue weighted by molar-refractivity contribution is 5.97. The molecule has 0 aliphatic carbocycles. The van der Waals surface area contributed by atoms with Crippen molar-refractivity contribution >= 4 is 23.6 Å². The molecule has 9 nitrogen and oxygen atoms in total. The van der Waals surface area contributed by atoms with Crippen LogP contribution in [0.4, 0.5) is 0 Å². The van der Waals surface area contributed by atoms with Crippen LogP contribution in [0.25, 0.3) is 0 Å². The van der Waals surface area contributed by atoms with Crippen molar-refractivity contribution in [2.24, 2.45) is 10.9 Å². The van der Waals surface area contributed by atoms with E-state index >= 15 is 0 Å². The molecular formula is C24H31N5O4. The highest BCUT2D eigenvalue weighted by atomic mass is 16.7. The maximum atomic E-state index is 12.3. The molecule has 0 bridgehead atoms. The minimum absolute atomic E-state index is 0.0730. The predicted octanol–water partition coefficient (Wildman–Crippen LogP) is 1.38. The number of oxime groups is 1. The lowest BCUT2D eigenvalue weighted by atomic mass is 10.0. The van der Waals surface area contributed by atoms with Gasteiger partial charge in [-0.1, -0.05) is 66.7 Å². The molecule has 0 saturated carbocycles. The summed E-state index contributed by atoms with van der Waals surface area (Å²) in [6.45, 7) is 6.03. The number of hydrogen-bond donors (Lipinski definition) is 4. The third kappa shape index (κ3) is 9.12. The van der Waals surface area contributed by atoms with E-state index in [4.69, 9.17) is 5.73 Å². The number of amides is 2. The first kappa shape index (κ1) is 25.5. The number of hydrogen-bond acceptors (Lipinski definition) is 6. The molecule has 0 saturated heterocycles. The van der Waals surface area contributed by atoms with Crippen molar-refractivity contribution in [1.82, 2.24) is 16.0 Å². The van der Waals surface area contributed by atoms with Crippen LogP contribution in [0, 0.1) is 0 Å². The fourth-order valence-electron chi connectivity index (χ4n) is 2.96. The van der Waals surface area contributed by atoms with Gasteiger partial charge in [-0.05, 0) is 24.0 Å². The van der Waals surface area contributed by atoms with Gasteiger partial charge in [-0.3, -0.25) is 9.59 Å². The van der Waals surface area contributed by atoms with Crippen LogP contribution in [-0.2, 0) is 25.8 Å². The lowest BCUT2D eigenvalue weighted by Gasteiger charge is -2.16. The molecule has 2 aromatic rings. The van der Waals surface area contributed by atoms with Gasteiger partial charge in [-0.15, -0.1) is 0 Å². The number of nitrogens with zero attached hydrogens (tertiary/aromatic N) is 1. The number of amidine groups is 1. The van der Waals surface area contributed by atoms with Crippen LogP contribution in [0.3, 0.4) is 0 Å². The second kappa shape index (κ2) is 13.0. The van der Waals surface area contributed by atoms with Gasteiger partial charge in [0.05, 0.1) is 6.54 Å². The van der Waals surface area contributed by atoms with E-state index < -0.39 is 12.0 Å². The summed E-state index contributed by atoms with van der Waals surface area (Å²) in [5.74, 6) is -0.750. The van der Waals surface area contributed by atoms with Crippen molar-refractivity contribution in [3.05, 3.63) is 71.3 Å². The van der Waals surface area contributed by atoms with E-state index in [0.717, 1.165) is 5.56 Å². The molecule has 0 radical (unpaired) electrons. The molecule has 2 atom stereocenters. The Morgan fingerprint density at radius 2 is 1.70 bits per heavy atom. The zero-order chi connectivity index (χ0) is 24.2. The van der Waals surface area contributed by atoms with Crippen LogP contribution in [0.2, 0.25) is 0 Å². The number of nitrogens with two attached hydrogens (primary N) is 1. The largest absolute Gasteiger partial charge is 0.380 e. The summed E-state index contributed by atoms with van der Waals surface area (Å²) < 4.78 is 0. The van der Waals surface area contributed by atoms with Crippen molar-refractivity contribution in [3.63, 3.8) is 0 Å². The number of nitrogens with one attached hydrogen (secondary N) is 3. The number of carbonyl (C=O) groups is 3. The topological polar surface area (TPSA) is 135 Å². The fraction of sp³-hybridized carbons (Fsp3) is 0.333. The van der Waals surface area contributed by atoms with Gasteiger partial charge in [0.15, 0.2) is 5.84 Å². The first-order valence-corrected chi connectivity index (χ1v) is 10.7. The third-order valence-corrected chi connectivity index (χ3v) is 4.86. The van der Waals surface area contributed by atoms with Gasteiger partial charge in [0, 0.05) is 25.6 Å². The average molecular weight is 454 g/mol. The van der Waals surface area contributed by atoms with Crippen LogP contribution in [0.5, 0.6) is 0 Å². The normalized spacial score (nSPS) is 13.0. The number of benzene rings is 2. The maximum absolute atomic E-state index is 12.3. The van der Waals surface area contributed by atoms with Gasteiger partial charge in [0.1, 0.15) is 6.04 Å². The first-order valence-electron chi connectivity index (χ1n) is 10.7. The van der Waals surface area contributed by atoms with Crippen molar-refractivity contribution in [3.8, 4) is 0 Å². The van der Waals surface area contributed by atoms with Gasteiger partial charge in [0.25, 0.3) is 0 Å². The quantitative estimate of drug-likeness (QED) is 0.176. The monoisotopic (exact) mass is 453 g/mol. The van der Waals surface area contributed by atoms with E-state index in [1.165, 1.54) is 12.5 Å². The summed E-state index contributed by atoms with van der Waals surface area (Å²) in [4.78, 5) is 39.7. The molecule has 5 N–H and O–H groups in total. The van der Waals surface area contributed by atoms with Crippen LogP contribution >= 0.6 is 0 Å². The molecule has 176 valence electrons. The predicted molar refractivity (Wildman–Crippen MR) is 126 cm³/mol. The van der Waals surface area contributed by atoms with Crippen LogP contribution in [0.1, 0.15) is 43.4 Å². The Hall–Kier alpha value is -3.72. The van der Waals surface area contributed by atoms with Crippen LogP contribution < -0.4 is 21.7 Å². The Bertz CT molecular complexity index is 961. The summed E-state index contributed by atoms with van der Waals surface area (Å²) in [7, 11) is 0. The van der Waals surface area contributed by atoms with Crippen LogP contribution in [0.15, 0.2) is 59.8 Å². The summed E-state index contributed by atoms with van der Waals surface area (Å²) >= 11 is 0. The Kier molecular flexibility index (Phi) is 10.0. The summed E-state index contributed by atoms with van der Waals surface area (Å²) in [6.07, 6.45) is 0. The van der Waals surface area contributed by atoms with Crippen molar-refractivity contribution < 1.29 is 19.2 Å². The Labute approximate surface area is 193 Å². The zero-order valence-corrected chi connectivity index (χ0v) is 19.1. The molecule has 0 spiro atoms. The molecule has 9 heteroatoms. The van der Waals surface area contributed by atoms with E-state index in [9.17, 15) is 14.4 Å². The molecule has 0 aliphatic rings. The minimum Gasteiger partial charge on any atom is -0.380 e. The molecule has 0 unspecified atom stereocenters. The molecule has 2 amide bonds. The van der Waals surface area contributed by atoms with Crippen LogP contribution in [-0.4, -0.2) is 42.8 Å². The van der Waals surface area contributed by atoms with E-state index in [1.54, 1.807) is 31.2 Å². The van der Waals surface area contributed by atoms with E-state index in [-0.39, 0.29) is 36.7 Å². The second-order valence-electron chi connectivity index (χ2n) is 7.71. The standard InChI is InChI=1S/C24H31N5O4/c1-16(20-7-5-4-6-8-20)13-26-15-22(31)28-17(2)24(32)27-14-19-9-11-21(12-10-19)23(25)29-33-18(3)30/h4-12,16-17,26H,13-15H2,1-3H3,(H2,25,29)(H,27,32)(H,28,31)/t16-,17-/m0/s1. The SMILES string of the molecule is CC(=O)O/N=C(\N)c1ccc(CNC(=O)[C@H](C)NC(=O)CNC[C@H](C)c2ccccc2)cc1.